The third kappa shape index (κ3) is 1.77. The minimum Gasteiger partial charge on any atom is -0.474 e. The maximum atomic E-state index is 5.61. The van der Waals surface area contributed by atoms with Crippen LogP contribution in [0.5, 0.6) is 5.75 Å². The van der Waals surface area contributed by atoms with E-state index in [1.807, 2.05) is 30.3 Å². The summed E-state index contributed by atoms with van der Waals surface area (Å²) < 4.78 is 5.61. The number of benzene rings is 1. The molecule has 63 valence electrons. The number of hydrogen-bond donors (Lipinski definition) is 0. The number of para-hydroxylation sites is 1. The molecule has 1 heterocycles. The van der Waals surface area contributed by atoms with Gasteiger partial charge in [-0.2, -0.15) is 0 Å². The lowest BCUT2D eigenvalue weighted by molar-refractivity contribution is 0.184. The van der Waals surface area contributed by atoms with Crippen molar-refractivity contribution in [3.63, 3.8) is 0 Å². The van der Waals surface area contributed by atoms with Crippen LogP contribution in [-0.4, -0.2) is 12.8 Å². The van der Waals surface area contributed by atoms with E-state index >= 15 is 0 Å². The Hall–Kier alpha value is -1.02. The van der Waals surface area contributed by atoms with E-state index in [0.717, 1.165) is 25.1 Å². The van der Waals surface area contributed by atoms with Crippen LogP contribution in [0.3, 0.4) is 0 Å². The van der Waals surface area contributed by atoms with Crippen molar-refractivity contribution in [3.05, 3.63) is 30.3 Å². The minimum atomic E-state index is 0.104. The van der Waals surface area contributed by atoms with Crippen molar-refractivity contribution in [1.29, 1.82) is 0 Å². The summed E-state index contributed by atoms with van der Waals surface area (Å²) in [6.45, 7) is 0.956. The molecule has 1 fully saturated rings. The van der Waals surface area contributed by atoms with E-state index in [9.17, 15) is 0 Å². The summed E-state index contributed by atoms with van der Waals surface area (Å²) in [7, 11) is 0. The highest BCUT2D eigenvalue weighted by molar-refractivity contribution is 5.21. The normalized spacial score (nSPS) is 22.5. The molecule has 0 saturated carbocycles. The van der Waals surface area contributed by atoms with Gasteiger partial charge in [-0.3, -0.25) is 0 Å². The van der Waals surface area contributed by atoms with Crippen LogP contribution < -0.4 is 10.1 Å². The van der Waals surface area contributed by atoms with Crippen LogP contribution in [0.2, 0.25) is 0 Å². The summed E-state index contributed by atoms with van der Waals surface area (Å²) >= 11 is 0. The zero-order valence-electron chi connectivity index (χ0n) is 6.94. The topological polar surface area (TPSA) is 23.3 Å². The lowest BCUT2D eigenvalue weighted by Crippen LogP contribution is -2.21. The summed E-state index contributed by atoms with van der Waals surface area (Å²) in [5.41, 5.74) is 0. The Morgan fingerprint density at radius 1 is 1.25 bits per heavy atom. The van der Waals surface area contributed by atoms with E-state index < -0.39 is 0 Å². The van der Waals surface area contributed by atoms with Gasteiger partial charge in [-0.15, -0.1) is 0 Å². The van der Waals surface area contributed by atoms with Gasteiger partial charge >= 0.3 is 0 Å². The van der Waals surface area contributed by atoms with E-state index in [-0.39, 0.29) is 6.23 Å². The monoisotopic (exact) mass is 162 g/mol. The number of nitrogens with zero attached hydrogens (tertiary/aromatic N) is 1. The van der Waals surface area contributed by atoms with E-state index in [1.54, 1.807) is 0 Å². The molecule has 0 amide bonds. The fraction of sp³-hybridized carbons (Fsp3) is 0.400. The Morgan fingerprint density at radius 3 is 2.75 bits per heavy atom. The molecule has 0 spiro atoms. The predicted octanol–water partition coefficient (Wildman–Crippen LogP) is 1.79. The molecule has 1 aliphatic heterocycles. The molecule has 0 bridgehead atoms. The van der Waals surface area contributed by atoms with Crippen molar-refractivity contribution in [2.24, 2.45) is 0 Å². The highest BCUT2D eigenvalue weighted by Crippen LogP contribution is 2.15. The quantitative estimate of drug-likeness (QED) is 0.650. The smallest absolute Gasteiger partial charge is 0.165 e. The largest absolute Gasteiger partial charge is 0.474 e. The Morgan fingerprint density at radius 2 is 2.08 bits per heavy atom. The first-order valence-electron chi connectivity index (χ1n) is 4.33. The molecular weight excluding hydrogens is 150 g/mol. The summed E-state index contributed by atoms with van der Waals surface area (Å²) in [6.07, 6.45) is 2.33. The van der Waals surface area contributed by atoms with Crippen molar-refractivity contribution in [2.75, 3.05) is 6.54 Å². The van der Waals surface area contributed by atoms with E-state index in [0.29, 0.717) is 0 Å². The molecule has 0 aliphatic carbocycles. The molecular formula is C10H12NO. The Balaban J connectivity index is 1.94. The number of hydrogen-bond acceptors (Lipinski definition) is 1. The Kier molecular flexibility index (Phi) is 2.28. The molecule has 12 heavy (non-hydrogen) atoms. The molecule has 1 atom stereocenters. The second-order valence-corrected chi connectivity index (χ2v) is 2.93. The van der Waals surface area contributed by atoms with E-state index in [2.05, 4.69) is 5.32 Å². The zero-order chi connectivity index (χ0) is 8.23. The standard InChI is InChI=1S/C10H12NO/c1-2-5-9(6-3-1)12-10-7-4-8-11-10/h1-3,5-6,10H,4,7-8H2. The van der Waals surface area contributed by atoms with Gasteiger partial charge in [0.25, 0.3) is 0 Å². The summed E-state index contributed by atoms with van der Waals surface area (Å²) in [4.78, 5) is 0. The van der Waals surface area contributed by atoms with Gasteiger partial charge in [-0.1, -0.05) is 18.2 Å². The SMILES string of the molecule is c1ccc(OC2CCC[N]2)cc1. The van der Waals surface area contributed by atoms with Gasteiger partial charge in [0.05, 0.1) is 0 Å². The first-order valence-corrected chi connectivity index (χ1v) is 4.33. The van der Waals surface area contributed by atoms with Crippen molar-refractivity contribution in [1.82, 2.24) is 5.32 Å². The Labute approximate surface area is 72.5 Å². The van der Waals surface area contributed by atoms with Crippen LogP contribution in [0.25, 0.3) is 0 Å². The lowest BCUT2D eigenvalue weighted by atomic mass is 10.3. The second-order valence-electron chi connectivity index (χ2n) is 2.93. The molecule has 1 unspecified atom stereocenters. The first kappa shape index (κ1) is 7.62. The molecule has 1 radical (unpaired) electrons. The van der Waals surface area contributed by atoms with Crippen LogP contribution in [-0.2, 0) is 0 Å². The van der Waals surface area contributed by atoms with Gasteiger partial charge in [0, 0.05) is 13.0 Å². The van der Waals surface area contributed by atoms with Gasteiger partial charge in [0.15, 0.2) is 6.23 Å². The van der Waals surface area contributed by atoms with Gasteiger partial charge < -0.3 is 4.74 Å². The highest BCUT2D eigenvalue weighted by atomic mass is 16.5. The maximum absolute atomic E-state index is 5.61. The van der Waals surface area contributed by atoms with Crippen LogP contribution in [0.15, 0.2) is 30.3 Å². The number of rotatable bonds is 2. The van der Waals surface area contributed by atoms with Crippen molar-refractivity contribution in [3.8, 4) is 5.75 Å². The fourth-order valence-electron chi connectivity index (χ4n) is 1.34. The van der Waals surface area contributed by atoms with Gasteiger partial charge in [0.1, 0.15) is 5.75 Å². The lowest BCUT2D eigenvalue weighted by Gasteiger charge is -2.11. The average molecular weight is 162 g/mol. The van der Waals surface area contributed by atoms with Crippen LogP contribution in [0.4, 0.5) is 0 Å². The third-order valence-corrected chi connectivity index (χ3v) is 1.96. The molecule has 2 heteroatoms. The third-order valence-electron chi connectivity index (χ3n) is 1.96. The fourth-order valence-corrected chi connectivity index (χ4v) is 1.34. The van der Waals surface area contributed by atoms with Gasteiger partial charge in [0.2, 0.25) is 0 Å². The second kappa shape index (κ2) is 3.59. The minimum absolute atomic E-state index is 0.104. The maximum Gasteiger partial charge on any atom is 0.165 e. The summed E-state index contributed by atoms with van der Waals surface area (Å²) in [5, 5.41) is 4.31. The predicted molar refractivity (Wildman–Crippen MR) is 47.1 cm³/mol. The van der Waals surface area contributed by atoms with Crippen LogP contribution in [0, 0.1) is 0 Å². The average Bonchev–Trinajstić information content (AvgIpc) is 2.59. The summed E-state index contributed by atoms with van der Waals surface area (Å²) in [5.74, 6) is 0.924. The highest BCUT2D eigenvalue weighted by Gasteiger charge is 2.16. The van der Waals surface area contributed by atoms with Gasteiger partial charge in [-0.25, -0.2) is 5.32 Å². The molecule has 2 rings (SSSR count). The molecule has 1 aliphatic rings. The molecule has 2 nitrogen and oxygen atoms in total. The zero-order valence-corrected chi connectivity index (χ0v) is 6.94. The van der Waals surface area contributed by atoms with Crippen LogP contribution in [0.1, 0.15) is 12.8 Å². The van der Waals surface area contributed by atoms with E-state index in [1.165, 1.54) is 0 Å². The van der Waals surface area contributed by atoms with Crippen LogP contribution >= 0.6 is 0 Å². The molecule has 0 N–H and O–H groups in total. The van der Waals surface area contributed by atoms with E-state index in [4.69, 9.17) is 4.74 Å². The summed E-state index contributed by atoms with van der Waals surface area (Å²) in [6, 6.07) is 9.87. The van der Waals surface area contributed by atoms with Crippen molar-refractivity contribution < 1.29 is 4.74 Å². The number of ether oxygens (including phenoxy) is 1. The van der Waals surface area contributed by atoms with Crippen molar-refractivity contribution in [2.45, 2.75) is 19.1 Å². The van der Waals surface area contributed by atoms with Gasteiger partial charge in [-0.05, 0) is 18.6 Å². The van der Waals surface area contributed by atoms with Crippen molar-refractivity contribution >= 4 is 0 Å². The molecule has 1 aromatic rings. The Bertz CT molecular complexity index is 229. The molecule has 1 aromatic carbocycles. The molecule has 0 aromatic heterocycles. The first-order chi connectivity index (χ1) is 5.95. The molecule has 1 saturated heterocycles.